The molecule has 0 amide bonds. The first-order valence-corrected chi connectivity index (χ1v) is 8.50. The fraction of sp³-hybridized carbons (Fsp3) is 0.556. The van der Waals surface area contributed by atoms with Crippen LogP contribution in [-0.2, 0) is 22.4 Å². The van der Waals surface area contributed by atoms with E-state index in [0.717, 1.165) is 31.4 Å². The van der Waals surface area contributed by atoms with Gasteiger partial charge in [-0.2, -0.15) is 0 Å². The van der Waals surface area contributed by atoms with Gasteiger partial charge in [-0.1, -0.05) is 6.07 Å². The lowest BCUT2D eigenvalue weighted by molar-refractivity contribution is -0.144. The van der Waals surface area contributed by atoms with Crippen LogP contribution in [0.25, 0.3) is 0 Å². The van der Waals surface area contributed by atoms with Gasteiger partial charge in [-0.15, -0.1) is 0 Å². The van der Waals surface area contributed by atoms with Crippen LogP contribution >= 0.6 is 0 Å². The number of rotatable bonds is 6. The molecule has 24 heavy (non-hydrogen) atoms. The van der Waals surface area contributed by atoms with E-state index in [4.69, 9.17) is 20.9 Å². The molecule has 1 aliphatic rings. The first kappa shape index (κ1) is 18.1. The van der Waals surface area contributed by atoms with Crippen molar-refractivity contribution in [1.29, 1.82) is 0 Å². The highest BCUT2D eigenvalue weighted by atomic mass is 16.5. The summed E-state index contributed by atoms with van der Waals surface area (Å²) in [6, 6.07) is 6.08. The van der Waals surface area contributed by atoms with Gasteiger partial charge in [-0.3, -0.25) is 4.79 Å². The van der Waals surface area contributed by atoms with Gasteiger partial charge >= 0.3 is 5.97 Å². The molecule has 2 unspecified atom stereocenters. The molecule has 6 nitrogen and oxygen atoms in total. The average Bonchev–Trinajstić information content (AvgIpc) is 2.67. The first-order valence-electron chi connectivity index (χ1n) is 8.50. The third kappa shape index (κ3) is 5.44. The van der Waals surface area contributed by atoms with Crippen LogP contribution in [0.5, 0.6) is 5.75 Å². The SMILES string of the molecule is CCOC(=O)CC1CCCc2ccc(OC(C)N=C(N)N)cc2C1. The third-order valence-electron chi connectivity index (χ3n) is 4.14. The molecule has 0 aliphatic heterocycles. The van der Waals surface area contributed by atoms with Crippen molar-refractivity contribution in [3.63, 3.8) is 0 Å². The highest BCUT2D eigenvalue weighted by Gasteiger charge is 2.20. The standard InChI is InChI=1S/C18H27N3O3/c1-3-23-17(22)10-13-5-4-6-14-7-8-16(11-15(14)9-13)24-12(2)21-18(19)20/h7-8,11-13H,3-6,9-10H2,1-2H3,(H4,19,20,21). The lowest BCUT2D eigenvalue weighted by Gasteiger charge is -2.16. The first-order chi connectivity index (χ1) is 11.5. The highest BCUT2D eigenvalue weighted by molar-refractivity contribution is 5.75. The maximum Gasteiger partial charge on any atom is 0.306 e. The number of hydrogen-bond acceptors (Lipinski definition) is 4. The Bertz CT molecular complexity index is 597. The number of fused-ring (bicyclic) bond motifs is 1. The Kier molecular flexibility index (Phi) is 6.46. The van der Waals surface area contributed by atoms with E-state index in [1.165, 1.54) is 11.1 Å². The van der Waals surface area contributed by atoms with Crippen LogP contribution in [0.15, 0.2) is 23.2 Å². The summed E-state index contributed by atoms with van der Waals surface area (Å²) in [5, 5.41) is 0. The van der Waals surface area contributed by atoms with Crippen LogP contribution in [-0.4, -0.2) is 24.8 Å². The number of nitrogens with two attached hydrogens (primary N) is 2. The molecular weight excluding hydrogens is 306 g/mol. The van der Waals surface area contributed by atoms with E-state index in [2.05, 4.69) is 11.1 Å². The fourth-order valence-electron chi connectivity index (χ4n) is 3.17. The molecule has 6 heteroatoms. The Hall–Kier alpha value is -2.24. The second kappa shape index (κ2) is 8.57. The van der Waals surface area contributed by atoms with Gasteiger partial charge in [0.1, 0.15) is 5.75 Å². The molecule has 1 aromatic carbocycles. The number of hydrogen-bond donors (Lipinski definition) is 2. The molecule has 2 rings (SSSR count). The topological polar surface area (TPSA) is 99.9 Å². The zero-order valence-electron chi connectivity index (χ0n) is 14.5. The summed E-state index contributed by atoms with van der Waals surface area (Å²) in [5.74, 6) is 0.949. The van der Waals surface area contributed by atoms with E-state index in [0.29, 0.717) is 18.9 Å². The van der Waals surface area contributed by atoms with E-state index in [1.807, 2.05) is 19.1 Å². The minimum Gasteiger partial charge on any atom is -0.469 e. The van der Waals surface area contributed by atoms with Crippen molar-refractivity contribution in [2.24, 2.45) is 22.4 Å². The number of benzene rings is 1. The van der Waals surface area contributed by atoms with E-state index in [-0.39, 0.29) is 11.9 Å². The van der Waals surface area contributed by atoms with Crippen LogP contribution < -0.4 is 16.2 Å². The normalized spacial score (nSPS) is 18.0. The monoisotopic (exact) mass is 333 g/mol. The van der Waals surface area contributed by atoms with E-state index in [9.17, 15) is 4.79 Å². The number of carbonyl (C=O) groups excluding carboxylic acids is 1. The Morgan fingerprint density at radius 1 is 1.38 bits per heavy atom. The van der Waals surface area contributed by atoms with E-state index >= 15 is 0 Å². The summed E-state index contributed by atoms with van der Waals surface area (Å²) < 4.78 is 10.8. The molecule has 0 aromatic heterocycles. The van der Waals surface area contributed by atoms with Gasteiger partial charge < -0.3 is 20.9 Å². The molecule has 132 valence electrons. The molecule has 0 bridgehead atoms. The summed E-state index contributed by atoms with van der Waals surface area (Å²) in [4.78, 5) is 15.7. The molecule has 0 radical (unpaired) electrons. The van der Waals surface area contributed by atoms with Gasteiger partial charge in [-0.05, 0) is 68.7 Å². The van der Waals surface area contributed by atoms with Crippen molar-refractivity contribution in [3.05, 3.63) is 29.3 Å². The lowest BCUT2D eigenvalue weighted by Crippen LogP contribution is -2.26. The molecule has 2 atom stereocenters. The van der Waals surface area contributed by atoms with Crippen LogP contribution in [0.1, 0.15) is 44.2 Å². The molecule has 0 fully saturated rings. The number of esters is 1. The van der Waals surface area contributed by atoms with Crippen molar-refractivity contribution in [2.75, 3.05) is 6.61 Å². The van der Waals surface area contributed by atoms with Crippen LogP contribution in [0.2, 0.25) is 0 Å². The largest absolute Gasteiger partial charge is 0.469 e. The molecule has 1 aliphatic carbocycles. The Labute approximate surface area is 143 Å². The molecule has 4 N–H and O–H groups in total. The second-order valence-corrected chi connectivity index (χ2v) is 6.17. The summed E-state index contributed by atoms with van der Waals surface area (Å²) in [7, 11) is 0. The van der Waals surface area contributed by atoms with Gasteiger partial charge in [-0.25, -0.2) is 4.99 Å². The second-order valence-electron chi connectivity index (χ2n) is 6.17. The zero-order valence-corrected chi connectivity index (χ0v) is 14.5. The number of guanidine groups is 1. The zero-order chi connectivity index (χ0) is 17.5. The smallest absolute Gasteiger partial charge is 0.306 e. The van der Waals surface area contributed by atoms with Gasteiger partial charge in [0, 0.05) is 6.42 Å². The number of nitrogens with zero attached hydrogens (tertiary/aromatic N) is 1. The minimum absolute atomic E-state index is 0.00626. The van der Waals surface area contributed by atoms with Crippen molar-refractivity contribution >= 4 is 11.9 Å². The number of carbonyl (C=O) groups is 1. The summed E-state index contributed by atoms with van der Waals surface area (Å²) in [5.41, 5.74) is 13.3. The average molecular weight is 333 g/mol. The molecular formula is C18H27N3O3. The Morgan fingerprint density at radius 2 is 2.17 bits per heavy atom. The molecule has 0 saturated heterocycles. The van der Waals surface area contributed by atoms with Crippen molar-refractivity contribution < 1.29 is 14.3 Å². The molecule has 0 saturated carbocycles. The van der Waals surface area contributed by atoms with Crippen LogP contribution in [0, 0.1) is 5.92 Å². The molecule has 1 aromatic rings. The van der Waals surface area contributed by atoms with Gasteiger partial charge in [0.2, 0.25) is 0 Å². The molecule has 0 heterocycles. The predicted molar refractivity (Wildman–Crippen MR) is 93.7 cm³/mol. The maximum absolute atomic E-state index is 11.8. The number of aliphatic imine (C=N–C) groups is 1. The van der Waals surface area contributed by atoms with Crippen molar-refractivity contribution in [1.82, 2.24) is 0 Å². The van der Waals surface area contributed by atoms with Gasteiger partial charge in [0.05, 0.1) is 6.61 Å². The van der Waals surface area contributed by atoms with Crippen molar-refractivity contribution in [3.8, 4) is 5.75 Å². The lowest BCUT2D eigenvalue weighted by atomic mass is 9.94. The Morgan fingerprint density at radius 3 is 2.88 bits per heavy atom. The maximum atomic E-state index is 11.8. The van der Waals surface area contributed by atoms with E-state index in [1.54, 1.807) is 6.92 Å². The fourth-order valence-corrected chi connectivity index (χ4v) is 3.17. The minimum atomic E-state index is -0.436. The number of ether oxygens (including phenoxy) is 2. The quantitative estimate of drug-likeness (QED) is 0.359. The summed E-state index contributed by atoms with van der Waals surface area (Å²) >= 11 is 0. The van der Waals surface area contributed by atoms with Crippen LogP contribution in [0.3, 0.4) is 0 Å². The van der Waals surface area contributed by atoms with Crippen molar-refractivity contribution in [2.45, 2.75) is 52.2 Å². The Balaban J connectivity index is 2.08. The van der Waals surface area contributed by atoms with Gasteiger partial charge in [0.15, 0.2) is 12.2 Å². The highest BCUT2D eigenvalue weighted by Crippen LogP contribution is 2.30. The van der Waals surface area contributed by atoms with Gasteiger partial charge in [0.25, 0.3) is 0 Å². The molecule has 0 spiro atoms. The predicted octanol–water partition coefficient (Wildman–Crippen LogP) is 2.13. The summed E-state index contributed by atoms with van der Waals surface area (Å²) in [6.07, 6.45) is 4.05. The van der Waals surface area contributed by atoms with E-state index < -0.39 is 6.23 Å². The number of aryl methyl sites for hydroxylation is 1. The third-order valence-corrected chi connectivity index (χ3v) is 4.14. The summed E-state index contributed by atoms with van der Waals surface area (Å²) in [6.45, 7) is 4.05. The van der Waals surface area contributed by atoms with Crippen LogP contribution in [0.4, 0.5) is 0 Å².